The molecule has 0 aliphatic carbocycles. The molecule has 0 aliphatic rings. The first-order valence-corrected chi connectivity index (χ1v) is 5.60. The number of benzene rings is 1. The average Bonchev–Trinajstić information content (AvgIpc) is 2.28. The summed E-state index contributed by atoms with van der Waals surface area (Å²) in [6.07, 6.45) is 1.47. The van der Waals surface area contributed by atoms with E-state index in [1.54, 1.807) is 18.2 Å². The topological polar surface area (TPSA) is 74.6 Å². The van der Waals surface area contributed by atoms with Crippen LogP contribution in [0.3, 0.4) is 0 Å². The fraction of sp³-hybridized carbons (Fsp3) is 0.385. The Balaban J connectivity index is 3.08. The van der Waals surface area contributed by atoms with Crippen molar-refractivity contribution in [3.8, 4) is 0 Å². The summed E-state index contributed by atoms with van der Waals surface area (Å²) in [5.41, 5.74) is 0.816. The summed E-state index contributed by atoms with van der Waals surface area (Å²) in [6.45, 7) is 1.96. The van der Waals surface area contributed by atoms with Gasteiger partial charge in [0.25, 0.3) is 0 Å². The second-order valence-corrected chi connectivity index (χ2v) is 3.98. The Morgan fingerprint density at radius 1 is 1.24 bits per heavy atom. The fourth-order valence-corrected chi connectivity index (χ4v) is 1.97. The molecule has 2 N–H and O–H groups in total. The van der Waals surface area contributed by atoms with Gasteiger partial charge in [-0.05, 0) is 24.0 Å². The van der Waals surface area contributed by atoms with Gasteiger partial charge in [-0.15, -0.1) is 0 Å². The van der Waals surface area contributed by atoms with E-state index < -0.39 is 11.9 Å². The van der Waals surface area contributed by atoms with Crippen LogP contribution in [-0.2, 0) is 4.79 Å². The van der Waals surface area contributed by atoms with Gasteiger partial charge < -0.3 is 10.2 Å². The molecule has 0 radical (unpaired) electrons. The number of carboxylic acids is 2. The maximum atomic E-state index is 11.1. The minimum Gasteiger partial charge on any atom is -0.481 e. The maximum absolute atomic E-state index is 11.1. The third-order valence-corrected chi connectivity index (χ3v) is 2.69. The van der Waals surface area contributed by atoms with Gasteiger partial charge in [0.15, 0.2) is 0 Å². The van der Waals surface area contributed by atoms with Gasteiger partial charge in [0, 0.05) is 0 Å². The van der Waals surface area contributed by atoms with Crippen LogP contribution in [-0.4, -0.2) is 22.2 Å². The number of carboxylic acid groups (broad SMARTS) is 2. The van der Waals surface area contributed by atoms with Gasteiger partial charge >= 0.3 is 11.9 Å². The molecule has 0 amide bonds. The third-order valence-electron chi connectivity index (χ3n) is 2.69. The van der Waals surface area contributed by atoms with Gasteiger partial charge in [-0.3, -0.25) is 4.79 Å². The van der Waals surface area contributed by atoms with Crippen LogP contribution in [0.4, 0.5) is 0 Å². The Labute approximate surface area is 99.9 Å². The Kier molecular flexibility index (Phi) is 4.69. The SMILES string of the molecule is CCCC(CC(=O)O)c1ccccc1C(=O)O. The van der Waals surface area contributed by atoms with Crippen molar-refractivity contribution in [1.82, 2.24) is 0 Å². The van der Waals surface area contributed by atoms with E-state index in [-0.39, 0.29) is 17.9 Å². The predicted molar refractivity (Wildman–Crippen MR) is 63.3 cm³/mol. The molecule has 0 fully saturated rings. The van der Waals surface area contributed by atoms with Gasteiger partial charge in [-0.25, -0.2) is 4.79 Å². The van der Waals surface area contributed by atoms with E-state index in [9.17, 15) is 9.59 Å². The summed E-state index contributed by atoms with van der Waals surface area (Å²) in [7, 11) is 0. The lowest BCUT2D eigenvalue weighted by Gasteiger charge is -2.16. The number of rotatable bonds is 6. The van der Waals surface area contributed by atoms with E-state index in [0.29, 0.717) is 12.0 Å². The Morgan fingerprint density at radius 2 is 1.88 bits per heavy atom. The fourth-order valence-electron chi connectivity index (χ4n) is 1.97. The van der Waals surface area contributed by atoms with Gasteiger partial charge in [-0.1, -0.05) is 31.5 Å². The number of hydrogen-bond donors (Lipinski definition) is 2. The molecule has 92 valence electrons. The summed E-state index contributed by atoms with van der Waals surface area (Å²) in [5, 5.41) is 17.9. The molecule has 0 aliphatic heterocycles. The summed E-state index contributed by atoms with van der Waals surface area (Å²) >= 11 is 0. The maximum Gasteiger partial charge on any atom is 0.335 e. The quantitative estimate of drug-likeness (QED) is 0.796. The molecule has 0 saturated carbocycles. The number of aliphatic carboxylic acids is 1. The van der Waals surface area contributed by atoms with Crippen LogP contribution < -0.4 is 0 Å². The average molecular weight is 236 g/mol. The van der Waals surface area contributed by atoms with Crippen molar-refractivity contribution in [2.45, 2.75) is 32.1 Å². The molecule has 1 aromatic carbocycles. The minimum absolute atomic E-state index is 0.0296. The van der Waals surface area contributed by atoms with Gasteiger partial charge in [0.1, 0.15) is 0 Å². The van der Waals surface area contributed by atoms with Crippen LogP contribution in [0.1, 0.15) is 48.0 Å². The normalized spacial score (nSPS) is 12.1. The molecule has 0 aromatic heterocycles. The molecule has 1 aromatic rings. The highest BCUT2D eigenvalue weighted by molar-refractivity contribution is 5.89. The Bertz CT molecular complexity index is 412. The minimum atomic E-state index is -1.01. The molecule has 4 nitrogen and oxygen atoms in total. The highest BCUT2D eigenvalue weighted by Crippen LogP contribution is 2.27. The van der Waals surface area contributed by atoms with Crippen LogP contribution in [0.15, 0.2) is 24.3 Å². The van der Waals surface area contributed by atoms with Gasteiger partial charge in [0.2, 0.25) is 0 Å². The molecule has 1 unspecified atom stereocenters. The lowest BCUT2D eigenvalue weighted by Crippen LogP contribution is -2.11. The van der Waals surface area contributed by atoms with Crippen molar-refractivity contribution in [1.29, 1.82) is 0 Å². The lowest BCUT2D eigenvalue weighted by molar-refractivity contribution is -0.137. The van der Waals surface area contributed by atoms with Crippen LogP contribution >= 0.6 is 0 Å². The molecule has 0 saturated heterocycles. The second-order valence-electron chi connectivity index (χ2n) is 3.98. The summed E-state index contributed by atoms with van der Waals surface area (Å²) in [4.78, 5) is 21.9. The molecule has 1 atom stereocenters. The van der Waals surface area contributed by atoms with E-state index in [1.165, 1.54) is 6.07 Å². The van der Waals surface area contributed by atoms with Crippen molar-refractivity contribution in [3.05, 3.63) is 35.4 Å². The van der Waals surface area contributed by atoms with Crippen LogP contribution in [0.5, 0.6) is 0 Å². The van der Waals surface area contributed by atoms with Crippen LogP contribution in [0, 0.1) is 0 Å². The Morgan fingerprint density at radius 3 is 2.41 bits per heavy atom. The van der Waals surface area contributed by atoms with E-state index >= 15 is 0 Å². The largest absolute Gasteiger partial charge is 0.481 e. The zero-order valence-electron chi connectivity index (χ0n) is 9.72. The molecule has 0 bridgehead atoms. The van der Waals surface area contributed by atoms with E-state index in [2.05, 4.69) is 0 Å². The molecule has 0 spiro atoms. The number of aromatic carboxylic acids is 1. The summed E-state index contributed by atoms with van der Waals surface area (Å²) in [5.74, 6) is -2.14. The zero-order valence-corrected chi connectivity index (χ0v) is 9.72. The van der Waals surface area contributed by atoms with Gasteiger partial charge in [0.05, 0.1) is 12.0 Å². The Hall–Kier alpha value is -1.84. The smallest absolute Gasteiger partial charge is 0.335 e. The molecule has 0 heterocycles. The molecule has 4 heteroatoms. The monoisotopic (exact) mass is 236 g/mol. The first-order valence-electron chi connectivity index (χ1n) is 5.60. The van der Waals surface area contributed by atoms with Crippen molar-refractivity contribution < 1.29 is 19.8 Å². The predicted octanol–water partition coefficient (Wildman–Crippen LogP) is 2.74. The van der Waals surface area contributed by atoms with Crippen molar-refractivity contribution in [2.75, 3.05) is 0 Å². The molecule has 1 rings (SSSR count). The zero-order chi connectivity index (χ0) is 12.8. The molecule has 17 heavy (non-hydrogen) atoms. The van der Waals surface area contributed by atoms with Crippen molar-refractivity contribution in [3.63, 3.8) is 0 Å². The number of carbonyl (C=O) groups is 2. The summed E-state index contributed by atoms with van der Waals surface area (Å²) in [6, 6.07) is 6.61. The molecular weight excluding hydrogens is 220 g/mol. The second kappa shape index (κ2) is 6.03. The number of hydrogen-bond acceptors (Lipinski definition) is 2. The summed E-state index contributed by atoms with van der Waals surface area (Å²) < 4.78 is 0. The van der Waals surface area contributed by atoms with Crippen molar-refractivity contribution in [2.24, 2.45) is 0 Å². The third kappa shape index (κ3) is 3.59. The standard InChI is InChI=1S/C13H16O4/c1-2-5-9(8-12(14)15)10-6-3-4-7-11(10)13(16)17/h3-4,6-7,9H,2,5,8H2,1H3,(H,14,15)(H,16,17). The van der Waals surface area contributed by atoms with Crippen LogP contribution in [0.25, 0.3) is 0 Å². The van der Waals surface area contributed by atoms with E-state index in [0.717, 1.165) is 6.42 Å². The van der Waals surface area contributed by atoms with Crippen molar-refractivity contribution >= 4 is 11.9 Å². The van der Waals surface area contributed by atoms with E-state index in [4.69, 9.17) is 10.2 Å². The lowest BCUT2D eigenvalue weighted by atomic mass is 9.88. The molecular formula is C13H16O4. The highest BCUT2D eigenvalue weighted by Gasteiger charge is 2.20. The first kappa shape index (κ1) is 13.2. The van der Waals surface area contributed by atoms with E-state index in [1.807, 2.05) is 6.92 Å². The van der Waals surface area contributed by atoms with Crippen LogP contribution in [0.2, 0.25) is 0 Å². The van der Waals surface area contributed by atoms with Gasteiger partial charge in [-0.2, -0.15) is 0 Å². The first-order chi connectivity index (χ1) is 8.06. The highest BCUT2D eigenvalue weighted by atomic mass is 16.4.